The lowest BCUT2D eigenvalue weighted by Crippen LogP contribution is -2.57. The normalized spacial score (nSPS) is 17.1. The summed E-state index contributed by atoms with van der Waals surface area (Å²) in [4.78, 5) is 89.0. The first-order valence-corrected chi connectivity index (χ1v) is 19.4. The molecule has 1 aromatic heterocycles. The van der Waals surface area contributed by atoms with Crippen LogP contribution in [0.2, 0.25) is 0 Å². The van der Waals surface area contributed by atoms with Gasteiger partial charge in [-0.05, 0) is 47.9 Å². The number of carbonyl (C=O) groups is 6. The van der Waals surface area contributed by atoms with Gasteiger partial charge in [-0.15, -0.1) is 0 Å². The Hall–Kier alpha value is -5.77. The van der Waals surface area contributed by atoms with Gasteiger partial charge in [0.1, 0.15) is 29.9 Å². The number of aromatic amines is 1. The van der Waals surface area contributed by atoms with Crippen LogP contribution in [0.5, 0.6) is 5.75 Å². The number of nitrogens with zero attached hydrogens (tertiary/aromatic N) is 2. The number of nitrogens with two attached hydrogens (primary N) is 1. The number of aliphatic carboxylic acids is 1. The Morgan fingerprint density at radius 2 is 1.53 bits per heavy atom. The number of imidazole rings is 1. The lowest BCUT2D eigenvalue weighted by Gasteiger charge is -2.31. The van der Waals surface area contributed by atoms with E-state index in [0.717, 1.165) is 5.56 Å². The highest BCUT2D eigenvalue weighted by Crippen LogP contribution is 2.21. The number of nitrogens with one attached hydrogen (secondary N) is 5. The van der Waals surface area contributed by atoms with Crippen LogP contribution >= 0.6 is 0 Å². The van der Waals surface area contributed by atoms with Gasteiger partial charge in [0.05, 0.1) is 12.4 Å². The Labute approximate surface area is 332 Å². The molecule has 0 spiro atoms. The van der Waals surface area contributed by atoms with E-state index in [4.69, 9.17) is 5.73 Å². The summed E-state index contributed by atoms with van der Waals surface area (Å²) in [5, 5.41) is 30.8. The average Bonchev–Trinajstić information content (AvgIpc) is 3.90. The van der Waals surface area contributed by atoms with Gasteiger partial charge >= 0.3 is 5.97 Å². The van der Waals surface area contributed by atoms with Gasteiger partial charge in [-0.3, -0.25) is 24.0 Å². The Bertz CT molecular complexity index is 1800. The molecule has 0 saturated carbocycles. The quantitative estimate of drug-likeness (QED) is 0.0821. The van der Waals surface area contributed by atoms with Gasteiger partial charge in [0, 0.05) is 50.2 Å². The summed E-state index contributed by atoms with van der Waals surface area (Å²) in [5.41, 5.74) is 8.06. The molecule has 2 heterocycles. The van der Waals surface area contributed by atoms with Crippen LogP contribution in [-0.2, 0) is 48.0 Å². The van der Waals surface area contributed by atoms with Crippen LogP contribution in [-0.4, -0.2) is 103 Å². The van der Waals surface area contributed by atoms with Gasteiger partial charge in [-0.2, -0.15) is 0 Å². The number of carboxylic acids is 1. The lowest BCUT2D eigenvalue weighted by atomic mass is 9.94. The third kappa shape index (κ3) is 12.9. The van der Waals surface area contributed by atoms with Crippen molar-refractivity contribution in [3.8, 4) is 5.75 Å². The van der Waals surface area contributed by atoms with Crippen LogP contribution in [0.25, 0.3) is 0 Å². The summed E-state index contributed by atoms with van der Waals surface area (Å²) in [7, 11) is 0. The third-order valence-corrected chi connectivity index (χ3v) is 10.4. The molecule has 7 atom stereocenters. The minimum absolute atomic E-state index is 0.0262. The van der Waals surface area contributed by atoms with Gasteiger partial charge in [0.15, 0.2) is 0 Å². The highest BCUT2D eigenvalue weighted by molar-refractivity contribution is 5.94. The highest BCUT2D eigenvalue weighted by Gasteiger charge is 2.39. The first kappa shape index (κ1) is 44.0. The maximum Gasteiger partial charge on any atom is 0.326 e. The van der Waals surface area contributed by atoms with Crippen LogP contribution < -0.4 is 27.0 Å². The molecule has 3 aromatic rings. The van der Waals surface area contributed by atoms with Crippen LogP contribution in [0.3, 0.4) is 0 Å². The molecule has 0 aliphatic carbocycles. The van der Waals surface area contributed by atoms with Gasteiger partial charge in [-0.25, -0.2) is 9.78 Å². The van der Waals surface area contributed by atoms with E-state index in [0.29, 0.717) is 30.5 Å². The molecule has 57 heavy (non-hydrogen) atoms. The molecule has 308 valence electrons. The number of phenols is 1. The van der Waals surface area contributed by atoms with Gasteiger partial charge in [-0.1, -0.05) is 76.6 Å². The number of hydrogen-bond donors (Lipinski definition) is 8. The summed E-state index contributed by atoms with van der Waals surface area (Å²) < 4.78 is 0. The molecule has 4 rings (SSSR count). The Morgan fingerprint density at radius 1 is 0.860 bits per heavy atom. The second-order valence-electron chi connectivity index (χ2n) is 15.1. The van der Waals surface area contributed by atoms with Crippen LogP contribution in [0.4, 0.5) is 0 Å². The largest absolute Gasteiger partial charge is 0.508 e. The standard InChI is InChI=1S/C41H56N8O8/c1-5-25(4)30(46-37(52)31(47-39(54)36(42)24(2)3)18-27-13-15-29(50)16-14-27)21-35(51)45-32(20-28-22-43-23-44-28)40(55)49-17-9-12-34(49)38(53)48-33(41(56)57)19-26-10-7-6-8-11-26/h6-8,10-11,13-16,22-25,30-34,36,50H,5,9,12,17-21,42H2,1-4H3,(H,43,44)(H,45,51)(H,46,52)(H,47,54)(H,48,53)(H,56,57)/t25-,30-,31-,32-,33-,34-,36-/m0/s1. The molecular formula is C41H56N8O8. The zero-order valence-electron chi connectivity index (χ0n) is 32.9. The topological polar surface area (TPSA) is 249 Å². The Kier molecular flexibility index (Phi) is 16.2. The molecule has 16 heteroatoms. The predicted octanol–water partition coefficient (Wildman–Crippen LogP) is 1.58. The molecule has 5 amide bonds. The molecule has 1 aliphatic rings. The van der Waals surface area contributed by atoms with Crippen molar-refractivity contribution in [2.45, 2.75) is 109 Å². The van der Waals surface area contributed by atoms with Gasteiger partial charge in [0.2, 0.25) is 29.5 Å². The fraction of sp³-hybridized carbons (Fsp3) is 0.488. The number of H-pyrrole nitrogens is 1. The van der Waals surface area contributed by atoms with E-state index < -0.39 is 71.8 Å². The number of hydrogen-bond acceptors (Lipinski definition) is 9. The molecule has 1 aliphatic heterocycles. The number of aromatic hydroxyl groups is 1. The van der Waals surface area contributed by atoms with E-state index in [2.05, 4.69) is 31.2 Å². The second-order valence-corrected chi connectivity index (χ2v) is 15.1. The highest BCUT2D eigenvalue weighted by atomic mass is 16.4. The summed E-state index contributed by atoms with van der Waals surface area (Å²) >= 11 is 0. The van der Waals surface area contributed by atoms with Crippen molar-refractivity contribution in [1.29, 1.82) is 0 Å². The van der Waals surface area contributed by atoms with E-state index in [-0.39, 0.29) is 49.8 Å². The minimum atomic E-state index is -1.22. The van der Waals surface area contributed by atoms with Crippen molar-refractivity contribution < 1.29 is 39.0 Å². The molecule has 16 nitrogen and oxygen atoms in total. The maximum atomic E-state index is 14.2. The van der Waals surface area contributed by atoms with Gasteiger partial charge < -0.3 is 47.1 Å². The number of benzene rings is 2. The SMILES string of the molecule is CC[C@H](C)[C@H](CC(=O)N[C@@H](Cc1cnc[nH]1)C(=O)N1CCC[C@H]1C(=O)N[C@@H](Cc1ccccc1)C(=O)O)NC(=O)[C@H](Cc1ccc(O)cc1)NC(=O)[C@@H](N)C(C)C. The molecule has 2 aromatic carbocycles. The van der Waals surface area contributed by atoms with Crippen molar-refractivity contribution in [2.24, 2.45) is 17.6 Å². The number of rotatable bonds is 20. The van der Waals surface area contributed by atoms with Gasteiger partial charge in [0.25, 0.3) is 0 Å². The summed E-state index contributed by atoms with van der Waals surface area (Å²) in [6.45, 7) is 7.60. The molecule has 9 N–H and O–H groups in total. The molecule has 1 saturated heterocycles. The predicted molar refractivity (Wildman–Crippen MR) is 211 cm³/mol. The van der Waals surface area contributed by atoms with Crippen LogP contribution in [0.1, 0.15) is 70.2 Å². The number of carbonyl (C=O) groups excluding carboxylic acids is 5. The zero-order valence-corrected chi connectivity index (χ0v) is 32.9. The average molecular weight is 789 g/mol. The molecule has 0 radical (unpaired) electrons. The monoisotopic (exact) mass is 788 g/mol. The number of phenolic OH excluding ortho intramolecular Hbond substituents is 1. The van der Waals surface area contributed by atoms with E-state index in [9.17, 15) is 39.0 Å². The fourth-order valence-corrected chi connectivity index (χ4v) is 6.70. The number of carboxylic acid groups (broad SMARTS) is 1. The van der Waals surface area contributed by atoms with E-state index >= 15 is 0 Å². The second kappa shape index (κ2) is 20.9. The maximum absolute atomic E-state index is 14.2. The van der Waals surface area contributed by atoms with E-state index in [1.54, 1.807) is 50.2 Å². The number of aromatic nitrogens is 2. The van der Waals surface area contributed by atoms with Crippen LogP contribution in [0.15, 0.2) is 67.1 Å². The fourth-order valence-electron chi connectivity index (χ4n) is 6.70. The smallest absolute Gasteiger partial charge is 0.326 e. The summed E-state index contributed by atoms with van der Waals surface area (Å²) in [6, 6.07) is 9.24. The molecule has 0 bridgehead atoms. The van der Waals surface area contributed by atoms with Crippen LogP contribution in [0, 0.1) is 11.8 Å². The number of amides is 5. The molecular weight excluding hydrogens is 732 g/mol. The lowest BCUT2D eigenvalue weighted by molar-refractivity contribution is -0.145. The summed E-state index contributed by atoms with van der Waals surface area (Å²) in [5.74, 6) is -4.24. The molecule has 0 unspecified atom stereocenters. The van der Waals surface area contributed by atoms with Crippen molar-refractivity contribution in [2.75, 3.05) is 6.54 Å². The van der Waals surface area contributed by atoms with Crippen molar-refractivity contribution >= 4 is 35.5 Å². The number of likely N-dealkylation sites (tertiary alicyclic amines) is 1. The first-order chi connectivity index (χ1) is 27.2. The van der Waals surface area contributed by atoms with Crippen molar-refractivity contribution in [3.63, 3.8) is 0 Å². The summed E-state index contributed by atoms with van der Waals surface area (Å²) in [6.07, 6.45) is 4.34. The van der Waals surface area contributed by atoms with E-state index in [1.165, 1.54) is 29.6 Å². The minimum Gasteiger partial charge on any atom is -0.508 e. The zero-order chi connectivity index (χ0) is 41.6. The van der Waals surface area contributed by atoms with Crippen molar-refractivity contribution in [1.82, 2.24) is 36.1 Å². The first-order valence-electron chi connectivity index (χ1n) is 19.4. The Balaban J connectivity index is 1.50. The Morgan fingerprint density at radius 3 is 2.14 bits per heavy atom. The van der Waals surface area contributed by atoms with E-state index in [1.807, 2.05) is 19.9 Å². The third-order valence-electron chi connectivity index (χ3n) is 10.4. The molecule has 1 fully saturated rings. The van der Waals surface area contributed by atoms with Crippen molar-refractivity contribution in [3.05, 3.63) is 83.9 Å².